The molecule has 1 aliphatic heterocycles. The van der Waals surface area contributed by atoms with Crippen LogP contribution in [0, 0.1) is 0 Å². The monoisotopic (exact) mass is 359 g/mol. The van der Waals surface area contributed by atoms with Gasteiger partial charge in [0.15, 0.2) is 0 Å². The molecule has 0 saturated heterocycles. The lowest BCUT2D eigenvalue weighted by atomic mass is 10.1. The molecular weight excluding hydrogens is 334 g/mol. The number of amides is 2. The fourth-order valence-electron chi connectivity index (χ4n) is 3.03. The van der Waals surface area contributed by atoms with Crippen LogP contribution < -0.4 is 14.8 Å². The van der Waals surface area contributed by atoms with Crippen LogP contribution in [0.5, 0.6) is 11.5 Å². The number of anilines is 1. The van der Waals surface area contributed by atoms with Gasteiger partial charge in [-0.2, -0.15) is 4.98 Å². The molecule has 1 aromatic carbocycles. The average molecular weight is 359 g/mol. The highest BCUT2D eigenvalue weighted by atomic mass is 16.5. The Labute approximate surface area is 153 Å². The maximum Gasteiger partial charge on any atom is 0.324 e. The van der Waals surface area contributed by atoms with Crippen molar-refractivity contribution in [3.05, 3.63) is 29.6 Å². The van der Waals surface area contributed by atoms with Crippen molar-refractivity contribution < 1.29 is 14.3 Å². The molecule has 0 spiro atoms. The summed E-state index contributed by atoms with van der Waals surface area (Å²) in [5.74, 6) is 2.58. The van der Waals surface area contributed by atoms with E-state index in [2.05, 4.69) is 15.4 Å². The van der Waals surface area contributed by atoms with E-state index in [9.17, 15) is 4.79 Å². The largest absolute Gasteiger partial charge is 0.497 e. The third kappa shape index (κ3) is 3.74. The zero-order valence-electron chi connectivity index (χ0n) is 15.9. The standard InChI is InChI=1S/C18H25N5O3/c1-6-15-19-16(21-22(15)4)20-17(24)23-10-12-7-8-13(25-5)9-14(12)26-18(2,3)11-23/h7-9H,6,10-11H2,1-5H3,(H,20,21,24). The molecule has 2 aromatic rings. The molecule has 8 heteroatoms. The van der Waals surface area contributed by atoms with Gasteiger partial charge in [0, 0.05) is 25.1 Å². The fourth-order valence-corrected chi connectivity index (χ4v) is 3.03. The number of hydrogen-bond acceptors (Lipinski definition) is 5. The van der Waals surface area contributed by atoms with E-state index in [0.717, 1.165) is 29.3 Å². The molecule has 1 aromatic heterocycles. The van der Waals surface area contributed by atoms with E-state index >= 15 is 0 Å². The van der Waals surface area contributed by atoms with Gasteiger partial charge in [-0.15, -0.1) is 5.10 Å². The molecule has 1 aliphatic rings. The van der Waals surface area contributed by atoms with Crippen LogP contribution >= 0.6 is 0 Å². The first-order valence-corrected chi connectivity index (χ1v) is 8.63. The minimum absolute atomic E-state index is 0.251. The molecule has 0 saturated carbocycles. The van der Waals surface area contributed by atoms with Gasteiger partial charge in [-0.25, -0.2) is 4.79 Å². The van der Waals surface area contributed by atoms with Crippen molar-refractivity contribution in [2.45, 2.75) is 39.3 Å². The van der Waals surface area contributed by atoms with Gasteiger partial charge in [-0.1, -0.05) is 6.92 Å². The number of aromatic nitrogens is 3. The Balaban J connectivity index is 1.82. The van der Waals surface area contributed by atoms with Crippen molar-refractivity contribution in [1.82, 2.24) is 19.7 Å². The van der Waals surface area contributed by atoms with Gasteiger partial charge in [0.1, 0.15) is 22.9 Å². The van der Waals surface area contributed by atoms with Gasteiger partial charge >= 0.3 is 6.03 Å². The molecule has 0 unspecified atom stereocenters. The van der Waals surface area contributed by atoms with Gasteiger partial charge in [-0.05, 0) is 26.0 Å². The lowest BCUT2D eigenvalue weighted by Crippen LogP contribution is -2.45. The Bertz CT molecular complexity index is 815. The summed E-state index contributed by atoms with van der Waals surface area (Å²) >= 11 is 0. The number of ether oxygens (including phenoxy) is 2. The highest BCUT2D eigenvalue weighted by molar-refractivity contribution is 5.87. The lowest BCUT2D eigenvalue weighted by molar-refractivity contribution is 0.0832. The fraction of sp³-hybridized carbons (Fsp3) is 0.500. The minimum atomic E-state index is -0.541. The van der Waals surface area contributed by atoms with Gasteiger partial charge < -0.3 is 14.4 Å². The van der Waals surface area contributed by atoms with Gasteiger partial charge in [0.25, 0.3) is 0 Å². The molecule has 0 fully saturated rings. The smallest absolute Gasteiger partial charge is 0.324 e. The van der Waals surface area contributed by atoms with E-state index in [1.54, 1.807) is 16.7 Å². The Morgan fingerprint density at radius 3 is 2.85 bits per heavy atom. The molecular formula is C18H25N5O3. The first kappa shape index (κ1) is 18.0. The Morgan fingerprint density at radius 1 is 1.42 bits per heavy atom. The van der Waals surface area contributed by atoms with Crippen LogP contribution in [0.25, 0.3) is 0 Å². The molecule has 8 nitrogen and oxygen atoms in total. The van der Waals surface area contributed by atoms with Crippen LogP contribution in [0.4, 0.5) is 10.7 Å². The molecule has 140 valence electrons. The van der Waals surface area contributed by atoms with Gasteiger partial charge in [-0.3, -0.25) is 10.00 Å². The van der Waals surface area contributed by atoms with Crippen LogP contribution in [0.3, 0.4) is 0 Å². The Morgan fingerprint density at radius 2 is 2.19 bits per heavy atom. The van der Waals surface area contributed by atoms with Crippen LogP contribution in [0.1, 0.15) is 32.2 Å². The van der Waals surface area contributed by atoms with Crippen molar-refractivity contribution in [3.63, 3.8) is 0 Å². The number of methoxy groups -OCH3 is 1. The van der Waals surface area contributed by atoms with E-state index < -0.39 is 5.60 Å². The van der Waals surface area contributed by atoms with Crippen LogP contribution in [-0.4, -0.2) is 45.0 Å². The second-order valence-corrected chi connectivity index (χ2v) is 6.95. The number of nitrogens with zero attached hydrogens (tertiary/aromatic N) is 4. The molecule has 0 bridgehead atoms. The van der Waals surface area contributed by atoms with Crippen molar-refractivity contribution in [2.24, 2.45) is 7.05 Å². The minimum Gasteiger partial charge on any atom is -0.497 e. The molecule has 26 heavy (non-hydrogen) atoms. The number of hydrogen-bond donors (Lipinski definition) is 1. The van der Waals surface area contributed by atoms with Crippen molar-refractivity contribution in [1.29, 1.82) is 0 Å². The second-order valence-electron chi connectivity index (χ2n) is 6.95. The zero-order chi connectivity index (χ0) is 18.9. The quantitative estimate of drug-likeness (QED) is 0.911. The molecule has 0 aliphatic carbocycles. The topological polar surface area (TPSA) is 81.5 Å². The molecule has 0 atom stereocenters. The number of nitrogens with one attached hydrogen (secondary N) is 1. The summed E-state index contributed by atoms with van der Waals surface area (Å²) in [7, 11) is 3.43. The third-order valence-electron chi connectivity index (χ3n) is 4.27. The summed E-state index contributed by atoms with van der Waals surface area (Å²) in [5, 5.41) is 7.03. The first-order chi connectivity index (χ1) is 12.3. The zero-order valence-corrected chi connectivity index (χ0v) is 15.9. The maximum atomic E-state index is 12.8. The summed E-state index contributed by atoms with van der Waals surface area (Å²) in [6.07, 6.45) is 0.749. The van der Waals surface area contributed by atoms with Gasteiger partial charge in [0.05, 0.1) is 20.2 Å². The maximum absolute atomic E-state index is 12.8. The van der Waals surface area contributed by atoms with E-state index in [4.69, 9.17) is 9.47 Å². The predicted molar refractivity (Wildman–Crippen MR) is 97.5 cm³/mol. The molecule has 1 N–H and O–H groups in total. The number of urea groups is 1. The van der Waals surface area contributed by atoms with Crippen LogP contribution in [0.15, 0.2) is 18.2 Å². The number of fused-ring (bicyclic) bond motifs is 1. The van der Waals surface area contributed by atoms with Crippen molar-refractivity contribution >= 4 is 12.0 Å². The number of aryl methyl sites for hydroxylation is 2. The second kappa shape index (κ2) is 6.86. The highest BCUT2D eigenvalue weighted by Crippen LogP contribution is 2.32. The third-order valence-corrected chi connectivity index (χ3v) is 4.27. The van der Waals surface area contributed by atoms with Crippen LogP contribution in [0.2, 0.25) is 0 Å². The van der Waals surface area contributed by atoms with E-state index in [-0.39, 0.29) is 6.03 Å². The molecule has 3 rings (SSSR count). The summed E-state index contributed by atoms with van der Waals surface area (Å²) in [4.78, 5) is 18.8. The van der Waals surface area contributed by atoms with E-state index in [1.807, 2.05) is 46.0 Å². The Hall–Kier alpha value is -2.77. The van der Waals surface area contributed by atoms with Crippen LogP contribution in [-0.2, 0) is 20.0 Å². The normalized spacial score (nSPS) is 15.7. The number of rotatable bonds is 3. The number of carbonyl (C=O) groups excluding carboxylic acids is 1. The van der Waals surface area contributed by atoms with E-state index in [0.29, 0.717) is 19.0 Å². The number of benzene rings is 1. The van der Waals surface area contributed by atoms with Crippen molar-refractivity contribution in [2.75, 3.05) is 19.0 Å². The number of carbonyl (C=O) groups is 1. The van der Waals surface area contributed by atoms with Gasteiger partial charge in [0.2, 0.25) is 5.95 Å². The highest BCUT2D eigenvalue weighted by Gasteiger charge is 2.32. The van der Waals surface area contributed by atoms with E-state index in [1.165, 1.54) is 0 Å². The average Bonchev–Trinajstić information content (AvgIpc) is 2.86. The lowest BCUT2D eigenvalue weighted by Gasteiger charge is -2.29. The summed E-state index contributed by atoms with van der Waals surface area (Å²) in [6.45, 7) is 6.77. The first-order valence-electron chi connectivity index (χ1n) is 8.63. The predicted octanol–water partition coefficient (Wildman–Crippen LogP) is 2.59. The summed E-state index contributed by atoms with van der Waals surface area (Å²) in [5.41, 5.74) is 0.385. The summed E-state index contributed by atoms with van der Waals surface area (Å²) in [6, 6.07) is 5.39. The molecule has 2 heterocycles. The summed E-state index contributed by atoms with van der Waals surface area (Å²) < 4.78 is 13.1. The SMILES string of the molecule is CCc1nc(NC(=O)N2Cc3ccc(OC)cc3OC(C)(C)C2)nn1C. The molecule has 2 amide bonds. The van der Waals surface area contributed by atoms with Crippen molar-refractivity contribution in [3.8, 4) is 11.5 Å². The molecule has 0 radical (unpaired) electrons. The Kier molecular flexibility index (Phi) is 4.76.